The number of rotatable bonds is 4. The number of nitro groups is 1. The Hall–Kier alpha value is -2.95. The first-order valence-electron chi connectivity index (χ1n) is 7.79. The van der Waals surface area contributed by atoms with Crippen molar-refractivity contribution >= 4 is 11.4 Å². The van der Waals surface area contributed by atoms with Crippen LogP contribution in [-0.2, 0) is 6.42 Å². The molecule has 8 heteroatoms. The smallest absolute Gasteiger partial charge is 0.270 e. The summed E-state index contributed by atoms with van der Waals surface area (Å²) in [6.45, 7) is 3.36. The van der Waals surface area contributed by atoms with Gasteiger partial charge in [-0.2, -0.15) is 10.2 Å². The first-order valence-corrected chi connectivity index (χ1v) is 7.79. The molecule has 2 heterocycles. The predicted octanol–water partition coefficient (Wildman–Crippen LogP) is 2.62. The Balaban J connectivity index is 1.77. The Bertz CT molecular complexity index is 795. The number of anilines is 1. The number of hydrogen-bond acceptors (Lipinski definition) is 7. The van der Waals surface area contributed by atoms with Gasteiger partial charge < -0.3 is 9.42 Å². The molecule has 3 rings (SSSR count). The van der Waals surface area contributed by atoms with E-state index < -0.39 is 4.92 Å². The van der Waals surface area contributed by atoms with E-state index in [1.807, 2.05) is 0 Å². The van der Waals surface area contributed by atoms with Crippen LogP contribution in [0.1, 0.15) is 30.1 Å². The molecule has 0 bridgehead atoms. The number of benzene rings is 1. The largest absolute Gasteiger partial charge is 0.370 e. The Labute approximate surface area is 138 Å². The van der Waals surface area contributed by atoms with E-state index >= 15 is 0 Å². The fraction of sp³-hybridized carbons (Fsp3) is 0.438. The zero-order valence-electron chi connectivity index (χ0n) is 13.3. The minimum Gasteiger partial charge on any atom is -0.370 e. The topological polar surface area (TPSA) is 109 Å². The van der Waals surface area contributed by atoms with Crippen molar-refractivity contribution in [3.05, 3.63) is 45.6 Å². The number of nitrogens with zero attached hydrogens (tertiary/aromatic N) is 5. The van der Waals surface area contributed by atoms with Crippen molar-refractivity contribution < 1.29 is 9.45 Å². The molecule has 1 aliphatic rings. The van der Waals surface area contributed by atoms with Crippen molar-refractivity contribution in [2.45, 2.75) is 26.2 Å². The Morgan fingerprint density at radius 2 is 2.38 bits per heavy atom. The fourth-order valence-corrected chi connectivity index (χ4v) is 3.14. The Morgan fingerprint density at radius 1 is 1.54 bits per heavy atom. The summed E-state index contributed by atoms with van der Waals surface area (Å²) in [7, 11) is 0. The molecule has 8 nitrogen and oxygen atoms in total. The van der Waals surface area contributed by atoms with E-state index in [1.165, 1.54) is 12.1 Å². The molecular weight excluding hydrogens is 310 g/mol. The van der Waals surface area contributed by atoms with Crippen molar-refractivity contribution in [2.75, 3.05) is 18.0 Å². The second-order valence-corrected chi connectivity index (χ2v) is 5.96. The van der Waals surface area contributed by atoms with Crippen molar-refractivity contribution in [1.29, 1.82) is 5.26 Å². The van der Waals surface area contributed by atoms with Crippen LogP contribution in [0.3, 0.4) is 0 Å². The van der Waals surface area contributed by atoms with Crippen LogP contribution in [0.4, 0.5) is 11.4 Å². The van der Waals surface area contributed by atoms with Crippen LogP contribution in [0.15, 0.2) is 22.7 Å². The zero-order chi connectivity index (χ0) is 17.1. The lowest BCUT2D eigenvalue weighted by molar-refractivity contribution is -0.384. The van der Waals surface area contributed by atoms with Crippen molar-refractivity contribution in [2.24, 2.45) is 5.92 Å². The normalized spacial score (nSPS) is 17.5. The molecule has 0 amide bonds. The lowest BCUT2D eigenvalue weighted by atomic mass is 9.93. The first-order chi connectivity index (χ1) is 11.6. The van der Waals surface area contributed by atoms with Gasteiger partial charge in [-0.1, -0.05) is 5.16 Å². The van der Waals surface area contributed by atoms with Crippen LogP contribution in [0, 0.1) is 34.3 Å². The summed E-state index contributed by atoms with van der Waals surface area (Å²) in [6.07, 6.45) is 2.77. The van der Waals surface area contributed by atoms with E-state index in [1.54, 1.807) is 13.0 Å². The minimum absolute atomic E-state index is 0.0638. The van der Waals surface area contributed by atoms with Gasteiger partial charge >= 0.3 is 0 Å². The number of aryl methyl sites for hydroxylation is 1. The van der Waals surface area contributed by atoms with Gasteiger partial charge in [0.2, 0.25) is 5.89 Å². The van der Waals surface area contributed by atoms with Gasteiger partial charge in [-0.25, -0.2) is 0 Å². The molecule has 1 atom stereocenters. The van der Waals surface area contributed by atoms with Gasteiger partial charge in [0.05, 0.1) is 16.2 Å². The molecule has 24 heavy (non-hydrogen) atoms. The third-order valence-corrected chi connectivity index (χ3v) is 4.21. The summed E-state index contributed by atoms with van der Waals surface area (Å²) in [5.74, 6) is 1.61. The van der Waals surface area contributed by atoms with E-state index in [2.05, 4.69) is 21.1 Å². The molecule has 0 radical (unpaired) electrons. The number of hydrogen-bond donors (Lipinski definition) is 0. The van der Waals surface area contributed by atoms with Crippen LogP contribution in [0.2, 0.25) is 0 Å². The third-order valence-electron chi connectivity index (χ3n) is 4.21. The van der Waals surface area contributed by atoms with Crippen LogP contribution in [0.25, 0.3) is 0 Å². The molecule has 0 spiro atoms. The summed E-state index contributed by atoms with van der Waals surface area (Å²) in [6, 6.07) is 6.52. The molecule has 1 aromatic carbocycles. The van der Waals surface area contributed by atoms with Gasteiger partial charge in [-0.05, 0) is 24.8 Å². The highest BCUT2D eigenvalue weighted by Crippen LogP contribution is 2.29. The van der Waals surface area contributed by atoms with Gasteiger partial charge in [0.15, 0.2) is 5.82 Å². The highest BCUT2D eigenvalue weighted by atomic mass is 16.6. The summed E-state index contributed by atoms with van der Waals surface area (Å²) < 4.78 is 5.01. The molecule has 0 N–H and O–H groups in total. The molecule has 0 saturated carbocycles. The van der Waals surface area contributed by atoms with Crippen molar-refractivity contribution in [3.8, 4) is 6.07 Å². The van der Waals surface area contributed by atoms with E-state index in [-0.39, 0.29) is 5.69 Å². The van der Waals surface area contributed by atoms with Gasteiger partial charge in [0.1, 0.15) is 6.07 Å². The van der Waals surface area contributed by atoms with Crippen molar-refractivity contribution in [3.63, 3.8) is 0 Å². The van der Waals surface area contributed by atoms with Crippen LogP contribution < -0.4 is 4.90 Å². The zero-order valence-corrected chi connectivity index (χ0v) is 13.3. The third kappa shape index (κ3) is 3.35. The molecule has 1 unspecified atom stereocenters. The quantitative estimate of drug-likeness (QED) is 0.627. The van der Waals surface area contributed by atoms with Crippen LogP contribution in [0.5, 0.6) is 0 Å². The van der Waals surface area contributed by atoms with E-state index in [0.29, 0.717) is 23.2 Å². The summed E-state index contributed by atoms with van der Waals surface area (Å²) >= 11 is 0. The van der Waals surface area contributed by atoms with Gasteiger partial charge in [-0.15, -0.1) is 0 Å². The van der Waals surface area contributed by atoms with Gasteiger partial charge in [-0.3, -0.25) is 10.1 Å². The Morgan fingerprint density at radius 3 is 3.04 bits per heavy atom. The molecule has 124 valence electrons. The summed E-state index contributed by atoms with van der Waals surface area (Å²) in [5.41, 5.74) is 1.02. The highest BCUT2D eigenvalue weighted by Gasteiger charge is 2.24. The molecule has 2 aromatic rings. The maximum Gasteiger partial charge on any atom is 0.270 e. The van der Waals surface area contributed by atoms with Gasteiger partial charge in [0.25, 0.3) is 5.69 Å². The summed E-state index contributed by atoms with van der Waals surface area (Å²) in [4.78, 5) is 16.7. The maximum atomic E-state index is 10.9. The van der Waals surface area contributed by atoms with E-state index in [0.717, 1.165) is 38.0 Å². The van der Waals surface area contributed by atoms with Crippen LogP contribution >= 0.6 is 0 Å². The van der Waals surface area contributed by atoms with E-state index in [4.69, 9.17) is 4.52 Å². The lowest BCUT2D eigenvalue weighted by Crippen LogP contribution is -2.36. The number of nitro benzene ring substituents is 1. The van der Waals surface area contributed by atoms with Crippen LogP contribution in [-0.4, -0.2) is 28.2 Å². The monoisotopic (exact) mass is 327 g/mol. The first kappa shape index (κ1) is 15.9. The predicted molar refractivity (Wildman–Crippen MR) is 85.5 cm³/mol. The van der Waals surface area contributed by atoms with E-state index in [9.17, 15) is 15.4 Å². The molecular formula is C16H17N5O3. The maximum absolute atomic E-state index is 10.9. The second kappa shape index (κ2) is 6.66. The standard InChI is InChI=1S/C16H17N5O3/c1-11-18-16(19-24-11)7-12-3-2-6-20(10-12)15-5-4-14(21(22)23)8-13(15)9-17/h4-5,8,12H,2-3,6-7,10H2,1H3. The van der Waals surface area contributed by atoms with Crippen molar-refractivity contribution in [1.82, 2.24) is 10.1 Å². The highest BCUT2D eigenvalue weighted by molar-refractivity contribution is 5.63. The second-order valence-electron chi connectivity index (χ2n) is 5.96. The number of piperidine rings is 1. The lowest BCUT2D eigenvalue weighted by Gasteiger charge is -2.34. The fourth-order valence-electron chi connectivity index (χ4n) is 3.14. The van der Waals surface area contributed by atoms with Gasteiger partial charge in [0, 0.05) is 38.6 Å². The number of aromatic nitrogens is 2. The molecule has 1 aromatic heterocycles. The Kier molecular flexibility index (Phi) is 4.42. The molecule has 1 aliphatic heterocycles. The molecule has 1 saturated heterocycles. The number of nitriles is 1. The molecule has 1 fully saturated rings. The summed E-state index contributed by atoms with van der Waals surface area (Å²) in [5, 5.41) is 24.1. The number of non-ortho nitro benzene ring substituents is 1. The minimum atomic E-state index is -0.484. The SMILES string of the molecule is Cc1nc(CC2CCCN(c3ccc([N+](=O)[O-])cc3C#N)C2)no1. The average molecular weight is 327 g/mol. The molecule has 0 aliphatic carbocycles. The average Bonchev–Trinajstić information content (AvgIpc) is 2.99.